The Morgan fingerprint density at radius 2 is 1.82 bits per heavy atom. The van der Waals surface area contributed by atoms with Crippen molar-refractivity contribution in [2.24, 2.45) is 5.84 Å². The van der Waals surface area contributed by atoms with E-state index in [-0.39, 0.29) is 6.04 Å². The fourth-order valence-corrected chi connectivity index (χ4v) is 3.99. The average Bonchev–Trinajstić information content (AvgIpc) is 2.64. The number of hydrazine groups is 1. The van der Waals surface area contributed by atoms with Gasteiger partial charge in [0.15, 0.2) is 0 Å². The molecule has 0 radical (unpaired) electrons. The van der Waals surface area contributed by atoms with Crippen LogP contribution in [-0.2, 0) is 0 Å². The molecular weight excluding hydrogens is 364 g/mol. The minimum atomic E-state index is 0.0301. The summed E-state index contributed by atoms with van der Waals surface area (Å²) in [7, 11) is 0. The van der Waals surface area contributed by atoms with Crippen molar-refractivity contribution in [3.63, 3.8) is 0 Å². The highest BCUT2D eigenvalue weighted by Crippen LogP contribution is 2.31. The predicted molar refractivity (Wildman–Crippen MR) is 80.1 cm³/mol. The van der Waals surface area contributed by atoms with Gasteiger partial charge < -0.3 is 0 Å². The highest BCUT2D eigenvalue weighted by atomic mass is 79.9. The van der Waals surface area contributed by atoms with Crippen LogP contribution in [0.25, 0.3) is 0 Å². The molecular formula is C12H12Br2N2S. The molecule has 1 heterocycles. The largest absolute Gasteiger partial charge is 0.271 e. The van der Waals surface area contributed by atoms with E-state index in [1.807, 2.05) is 6.07 Å². The van der Waals surface area contributed by atoms with Crippen molar-refractivity contribution >= 4 is 43.2 Å². The first kappa shape index (κ1) is 13.2. The molecule has 5 heteroatoms. The van der Waals surface area contributed by atoms with Crippen LogP contribution in [0.15, 0.2) is 39.3 Å². The van der Waals surface area contributed by atoms with Crippen LogP contribution in [0.4, 0.5) is 0 Å². The van der Waals surface area contributed by atoms with E-state index in [1.165, 1.54) is 9.75 Å². The number of benzene rings is 1. The molecule has 2 nitrogen and oxygen atoms in total. The first-order chi connectivity index (χ1) is 8.10. The van der Waals surface area contributed by atoms with E-state index in [9.17, 15) is 0 Å². The van der Waals surface area contributed by atoms with E-state index >= 15 is 0 Å². The monoisotopic (exact) mass is 374 g/mol. The molecule has 0 aliphatic heterocycles. The number of nitrogens with two attached hydrogens (primary N) is 1. The minimum Gasteiger partial charge on any atom is -0.271 e. The zero-order chi connectivity index (χ0) is 12.4. The zero-order valence-corrected chi connectivity index (χ0v) is 13.2. The standard InChI is InChI=1S/C12H12Br2N2S/c1-7-2-3-11(17-7)12(16-15)8-4-9(13)6-10(14)5-8/h2-6,12,16H,15H2,1H3. The summed E-state index contributed by atoms with van der Waals surface area (Å²) in [6.45, 7) is 2.10. The van der Waals surface area contributed by atoms with Crippen molar-refractivity contribution < 1.29 is 0 Å². The van der Waals surface area contributed by atoms with E-state index in [0.717, 1.165) is 14.5 Å². The van der Waals surface area contributed by atoms with Crippen molar-refractivity contribution in [3.8, 4) is 0 Å². The van der Waals surface area contributed by atoms with Gasteiger partial charge in [-0.3, -0.25) is 5.84 Å². The van der Waals surface area contributed by atoms with Gasteiger partial charge in [-0.15, -0.1) is 11.3 Å². The molecule has 3 N–H and O–H groups in total. The Labute approximate surface area is 121 Å². The quantitative estimate of drug-likeness (QED) is 0.625. The van der Waals surface area contributed by atoms with E-state index in [4.69, 9.17) is 5.84 Å². The third kappa shape index (κ3) is 3.17. The summed E-state index contributed by atoms with van der Waals surface area (Å²) in [5.74, 6) is 5.67. The minimum absolute atomic E-state index is 0.0301. The van der Waals surface area contributed by atoms with Crippen LogP contribution in [-0.4, -0.2) is 0 Å². The third-order valence-corrected chi connectivity index (χ3v) is 4.41. The van der Waals surface area contributed by atoms with Gasteiger partial charge in [-0.2, -0.15) is 0 Å². The average molecular weight is 376 g/mol. The molecule has 0 aliphatic rings. The number of aryl methyl sites for hydroxylation is 1. The van der Waals surface area contributed by atoms with E-state index in [2.05, 4.69) is 68.5 Å². The lowest BCUT2D eigenvalue weighted by molar-refractivity contribution is 0.646. The molecule has 2 rings (SSSR count). The van der Waals surface area contributed by atoms with Crippen LogP contribution < -0.4 is 11.3 Å². The first-order valence-corrected chi connectivity index (χ1v) is 7.49. The Balaban J connectivity index is 2.41. The summed E-state index contributed by atoms with van der Waals surface area (Å²) < 4.78 is 2.07. The van der Waals surface area contributed by atoms with Crippen LogP contribution in [0.5, 0.6) is 0 Å². The molecule has 17 heavy (non-hydrogen) atoms. The molecule has 1 aromatic heterocycles. The first-order valence-electron chi connectivity index (χ1n) is 5.08. The molecule has 0 fully saturated rings. The van der Waals surface area contributed by atoms with Crippen LogP contribution >= 0.6 is 43.2 Å². The Morgan fingerprint density at radius 1 is 1.18 bits per heavy atom. The SMILES string of the molecule is Cc1ccc(C(NN)c2cc(Br)cc(Br)c2)s1. The fraction of sp³-hybridized carbons (Fsp3) is 0.167. The summed E-state index contributed by atoms with van der Waals surface area (Å²) in [5.41, 5.74) is 4.01. The van der Waals surface area contributed by atoms with Gasteiger partial charge in [-0.05, 0) is 42.8 Å². The lowest BCUT2D eigenvalue weighted by Gasteiger charge is -2.15. The molecule has 0 saturated heterocycles. The number of halogens is 2. The molecule has 0 saturated carbocycles. The van der Waals surface area contributed by atoms with Gasteiger partial charge in [0, 0.05) is 18.7 Å². The maximum atomic E-state index is 5.67. The van der Waals surface area contributed by atoms with E-state index in [0.29, 0.717) is 0 Å². The maximum absolute atomic E-state index is 5.67. The number of nitrogens with one attached hydrogen (secondary N) is 1. The summed E-state index contributed by atoms with van der Waals surface area (Å²) in [6, 6.07) is 10.4. The van der Waals surface area contributed by atoms with E-state index in [1.54, 1.807) is 11.3 Å². The van der Waals surface area contributed by atoms with Crippen molar-refractivity contribution in [1.82, 2.24) is 5.43 Å². The van der Waals surface area contributed by atoms with Crippen molar-refractivity contribution in [3.05, 3.63) is 54.6 Å². The van der Waals surface area contributed by atoms with Crippen LogP contribution in [0.2, 0.25) is 0 Å². The van der Waals surface area contributed by atoms with Gasteiger partial charge in [0.2, 0.25) is 0 Å². The van der Waals surface area contributed by atoms with Gasteiger partial charge in [0.05, 0.1) is 6.04 Å². The lowest BCUT2D eigenvalue weighted by Crippen LogP contribution is -2.28. The third-order valence-electron chi connectivity index (χ3n) is 2.43. The number of thiophene rings is 1. The van der Waals surface area contributed by atoms with Crippen molar-refractivity contribution in [1.29, 1.82) is 0 Å². The molecule has 0 bridgehead atoms. The highest BCUT2D eigenvalue weighted by Gasteiger charge is 2.15. The smallest absolute Gasteiger partial charge is 0.0803 e. The molecule has 0 spiro atoms. The van der Waals surface area contributed by atoms with E-state index < -0.39 is 0 Å². The van der Waals surface area contributed by atoms with Crippen LogP contribution in [0.3, 0.4) is 0 Å². The Bertz CT molecular complexity index is 505. The van der Waals surface area contributed by atoms with Gasteiger partial charge >= 0.3 is 0 Å². The second-order valence-corrected chi connectivity index (χ2v) is 6.90. The molecule has 0 amide bonds. The molecule has 1 aromatic carbocycles. The van der Waals surface area contributed by atoms with Gasteiger partial charge in [0.1, 0.15) is 0 Å². The molecule has 0 aliphatic carbocycles. The van der Waals surface area contributed by atoms with Gasteiger partial charge in [0.25, 0.3) is 0 Å². The number of rotatable bonds is 3. The zero-order valence-electron chi connectivity index (χ0n) is 9.21. The summed E-state index contributed by atoms with van der Waals surface area (Å²) in [6.07, 6.45) is 0. The second kappa shape index (κ2) is 5.63. The summed E-state index contributed by atoms with van der Waals surface area (Å²) in [5, 5.41) is 0. The number of hydrogen-bond donors (Lipinski definition) is 2. The van der Waals surface area contributed by atoms with Gasteiger partial charge in [-0.25, -0.2) is 5.43 Å². The topological polar surface area (TPSA) is 38.0 Å². The molecule has 2 aromatic rings. The van der Waals surface area contributed by atoms with Crippen LogP contribution in [0, 0.1) is 6.92 Å². The Kier molecular flexibility index (Phi) is 4.38. The second-order valence-electron chi connectivity index (χ2n) is 3.75. The van der Waals surface area contributed by atoms with Crippen molar-refractivity contribution in [2.75, 3.05) is 0 Å². The normalized spacial score (nSPS) is 12.7. The molecule has 90 valence electrons. The number of hydrogen-bond acceptors (Lipinski definition) is 3. The molecule has 1 atom stereocenters. The summed E-state index contributed by atoms with van der Waals surface area (Å²) in [4.78, 5) is 2.50. The Hall–Kier alpha value is -0.200. The highest BCUT2D eigenvalue weighted by molar-refractivity contribution is 9.11. The maximum Gasteiger partial charge on any atom is 0.0803 e. The Morgan fingerprint density at radius 3 is 2.29 bits per heavy atom. The van der Waals surface area contributed by atoms with Gasteiger partial charge in [-0.1, -0.05) is 31.9 Å². The summed E-state index contributed by atoms with van der Waals surface area (Å²) >= 11 is 8.74. The van der Waals surface area contributed by atoms with Crippen LogP contribution in [0.1, 0.15) is 21.4 Å². The van der Waals surface area contributed by atoms with Crippen molar-refractivity contribution in [2.45, 2.75) is 13.0 Å². The fourth-order valence-electron chi connectivity index (χ4n) is 1.69. The molecule has 1 unspecified atom stereocenters. The lowest BCUT2D eigenvalue weighted by atomic mass is 10.1. The predicted octanol–water partition coefficient (Wildman–Crippen LogP) is 4.13.